The summed E-state index contributed by atoms with van der Waals surface area (Å²) in [4.78, 5) is 31.0. The highest BCUT2D eigenvalue weighted by Gasteiger charge is 2.41. The highest BCUT2D eigenvalue weighted by atomic mass is 16.7. The van der Waals surface area contributed by atoms with Gasteiger partial charge < -0.3 is 9.47 Å². The van der Waals surface area contributed by atoms with Crippen LogP contribution in [0.4, 0.5) is 0 Å². The zero-order valence-corrected chi connectivity index (χ0v) is 23.7. The van der Waals surface area contributed by atoms with E-state index in [1.165, 1.54) is 6.33 Å². The van der Waals surface area contributed by atoms with Gasteiger partial charge in [-0.25, -0.2) is 9.94 Å². The first-order chi connectivity index (χ1) is 20.5. The molecule has 1 saturated carbocycles. The monoisotopic (exact) mass is 566 g/mol. The molecule has 7 rings (SSSR count). The van der Waals surface area contributed by atoms with Crippen molar-refractivity contribution < 1.29 is 14.3 Å². The molecule has 42 heavy (non-hydrogen) atoms. The van der Waals surface area contributed by atoms with Gasteiger partial charge in [0.15, 0.2) is 5.79 Å². The smallest absolute Gasteiger partial charge is 0.259 e. The summed E-state index contributed by atoms with van der Waals surface area (Å²) in [5.41, 5.74) is 8.81. The number of hydrogen-bond acceptors (Lipinski definition) is 7. The molecule has 1 N–H and O–H groups in total. The maximum atomic E-state index is 14.4. The van der Waals surface area contributed by atoms with Crippen LogP contribution in [0.25, 0.3) is 16.9 Å². The largest absolute Gasteiger partial charge is 0.348 e. The number of benzene rings is 2. The molecule has 0 bridgehead atoms. The van der Waals surface area contributed by atoms with Crippen LogP contribution >= 0.6 is 0 Å². The third-order valence-electron chi connectivity index (χ3n) is 8.71. The average molecular weight is 567 g/mol. The van der Waals surface area contributed by atoms with Crippen molar-refractivity contribution in [3.8, 4) is 11.1 Å². The molecule has 3 aliphatic rings. The summed E-state index contributed by atoms with van der Waals surface area (Å²) in [6.45, 7) is 3.35. The predicted molar refractivity (Wildman–Crippen MR) is 157 cm³/mol. The van der Waals surface area contributed by atoms with Gasteiger partial charge >= 0.3 is 0 Å². The molecule has 216 valence electrons. The lowest BCUT2D eigenvalue weighted by atomic mass is 9.89. The molecule has 1 aliphatic carbocycles. The number of aromatic nitrogens is 4. The Morgan fingerprint density at radius 3 is 2.52 bits per heavy atom. The second-order valence-electron chi connectivity index (χ2n) is 11.4. The quantitative estimate of drug-likeness (QED) is 0.359. The van der Waals surface area contributed by atoms with Crippen molar-refractivity contribution in [2.45, 2.75) is 70.1 Å². The van der Waals surface area contributed by atoms with E-state index < -0.39 is 5.79 Å². The summed E-state index contributed by atoms with van der Waals surface area (Å²) in [7, 11) is 0. The number of carbonyl (C=O) groups is 1. The van der Waals surface area contributed by atoms with Gasteiger partial charge in [0.2, 0.25) is 11.7 Å². The van der Waals surface area contributed by atoms with Crippen LogP contribution in [0.15, 0.2) is 64.8 Å². The summed E-state index contributed by atoms with van der Waals surface area (Å²) in [6.07, 6.45) is 6.80. The number of fused-ring (bicyclic) bond motifs is 1. The molecule has 0 atom stereocenters. The van der Waals surface area contributed by atoms with E-state index in [0.717, 1.165) is 65.6 Å². The molecule has 0 unspecified atom stereocenters. The number of aryl methyl sites for hydroxylation is 1. The van der Waals surface area contributed by atoms with Gasteiger partial charge in [-0.05, 0) is 42.0 Å². The van der Waals surface area contributed by atoms with Gasteiger partial charge in [0.05, 0.1) is 31.0 Å². The fraction of sp³-hybridized carbons (Fsp3) is 0.406. The molecule has 4 heterocycles. The van der Waals surface area contributed by atoms with Crippen molar-refractivity contribution >= 4 is 17.4 Å². The van der Waals surface area contributed by atoms with E-state index in [1.807, 2.05) is 27.3 Å². The standard InChI is InChI=1S/C32H34N6O4/c1-2-6-28-26(18-21-9-10-24(22-7-4-3-5-8-22)25(17-21)27-19-29(39)36-35-27)30(40)37(31-33-20-34-38(28)31)23-11-13-32(14-12-23)41-15-16-42-32/h3-5,7-10,17,20,23H,2,6,11-16,18-19H2,1H3,(H,36,39). The van der Waals surface area contributed by atoms with Crippen LogP contribution < -0.4 is 11.0 Å². The van der Waals surface area contributed by atoms with Crippen molar-refractivity contribution in [2.75, 3.05) is 13.2 Å². The Hall–Kier alpha value is -4.15. The Balaban J connectivity index is 1.31. The number of hydrogen-bond donors (Lipinski definition) is 1. The molecule has 4 aromatic rings. The Bertz CT molecular complexity index is 1730. The summed E-state index contributed by atoms with van der Waals surface area (Å²) in [5, 5.41) is 8.92. The van der Waals surface area contributed by atoms with Gasteiger partial charge in [-0.1, -0.05) is 55.8 Å². The second-order valence-corrected chi connectivity index (χ2v) is 11.4. The van der Waals surface area contributed by atoms with Gasteiger partial charge in [0, 0.05) is 36.4 Å². The van der Waals surface area contributed by atoms with Gasteiger partial charge in [0.1, 0.15) is 6.33 Å². The molecule has 2 aromatic carbocycles. The van der Waals surface area contributed by atoms with Gasteiger partial charge in [0.25, 0.3) is 5.56 Å². The molecule has 1 spiro atoms. The Morgan fingerprint density at radius 1 is 1.02 bits per heavy atom. The number of amides is 1. The number of ether oxygens (including phenoxy) is 2. The molecule has 0 radical (unpaired) electrons. The Morgan fingerprint density at radius 2 is 1.81 bits per heavy atom. The molecule has 1 saturated heterocycles. The Kier molecular flexibility index (Phi) is 6.95. The molecular formula is C32H34N6O4. The third-order valence-corrected chi connectivity index (χ3v) is 8.71. The third kappa shape index (κ3) is 4.74. The summed E-state index contributed by atoms with van der Waals surface area (Å²) >= 11 is 0. The van der Waals surface area contributed by atoms with E-state index in [0.29, 0.717) is 37.5 Å². The first kappa shape index (κ1) is 26.7. The second kappa shape index (κ2) is 10.9. The first-order valence-electron chi connectivity index (χ1n) is 14.8. The maximum absolute atomic E-state index is 14.4. The molecule has 10 nitrogen and oxygen atoms in total. The maximum Gasteiger partial charge on any atom is 0.259 e. The topological polar surface area (TPSA) is 112 Å². The fourth-order valence-corrected chi connectivity index (χ4v) is 6.69. The summed E-state index contributed by atoms with van der Waals surface area (Å²) < 4.78 is 15.6. The van der Waals surface area contributed by atoms with Crippen molar-refractivity contribution in [1.29, 1.82) is 0 Å². The summed E-state index contributed by atoms with van der Waals surface area (Å²) in [5.74, 6) is -0.0428. The minimum Gasteiger partial charge on any atom is -0.348 e. The first-order valence-corrected chi connectivity index (χ1v) is 14.8. The van der Waals surface area contributed by atoms with Crippen molar-refractivity contribution in [2.24, 2.45) is 5.10 Å². The molecule has 2 fully saturated rings. The molecule has 2 aliphatic heterocycles. The highest BCUT2D eigenvalue weighted by Crippen LogP contribution is 2.40. The SMILES string of the molecule is CCCc1c(Cc2ccc(-c3ccccc3)c(C3=NNC(=O)C3)c2)c(=O)n(C2CCC3(CC2)OCCO3)c2ncnn12. The van der Waals surface area contributed by atoms with E-state index >= 15 is 0 Å². The van der Waals surface area contributed by atoms with Gasteiger partial charge in [-0.15, -0.1) is 0 Å². The molecular weight excluding hydrogens is 532 g/mol. The number of hydrazone groups is 1. The minimum absolute atomic E-state index is 0.0157. The van der Waals surface area contributed by atoms with E-state index in [9.17, 15) is 9.59 Å². The Labute approximate surface area is 243 Å². The minimum atomic E-state index is -0.509. The van der Waals surface area contributed by atoms with Gasteiger partial charge in [-0.3, -0.25) is 14.2 Å². The van der Waals surface area contributed by atoms with Crippen LogP contribution in [0.1, 0.15) is 73.9 Å². The number of nitrogens with one attached hydrogen (secondary N) is 1. The van der Waals surface area contributed by atoms with Crippen LogP contribution in [0, 0.1) is 0 Å². The van der Waals surface area contributed by atoms with Crippen molar-refractivity contribution in [1.82, 2.24) is 24.6 Å². The van der Waals surface area contributed by atoms with Gasteiger partial charge in [-0.2, -0.15) is 15.2 Å². The number of carbonyl (C=O) groups excluding carboxylic acids is 1. The summed E-state index contributed by atoms with van der Waals surface area (Å²) in [6, 6.07) is 16.3. The lowest BCUT2D eigenvalue weighted by Gasteiger charge is -2.36. The number of nitrogens with zero attached hydrogens (tertiary/aromatic N) is 5. The van der Waals surface area contributed by atoms with Crippen LogP contribution in [-0.2, 0) is 27.1 Å². The van der Waals surface area contributed by atoms with E-state index in [4.69, 9.17) is 9.47 Å². The lowest BCUT2D eigenvalue weighted by Crippen LogP contribution is -2.39. The van der Waals surface area contributed by atoms with E-state index in [2.05, 4.69) is 57.9 Å². The van der Waals surface area contributed by atoms with Crippen molar-refractivity contribution in [3.05, 3.63) is 87.6 Å². The van der Waals surface area contributed by atoms with Crippen LogP contribution in [-0.4, -0.2) is 49.8 Å². The average Bonchev–Trinajstić information content (AvgIpc) is 3.78. The predicted octanol–water partition coefficient (Wildman–Crippen LogP) is 4.18. The zero-order valence-electron chi connectivity index (χ0n) is 23.7. The molecule has 10 heteroatoms. The lowest BCUT2D eigenvalue weighted by molar-refractivity contribution is -0.181. The van der Waals surface area contributed by atoms with Crippen LogP contribution in [0.2, 0.25) is 0 Å². The molecule has 1 amide bonds. The van der Waals surface area contributed by atoms with Crippen LogP contribution in [0.3, 0.4) is 0 Å². The fourth-order valence-electron chi connectivity index (χ4n) is 6.69. The molecule has 2 aromatic heterocycles. The van der Waals surface area contributed by atoms with Crippen molar-refractivity contribution in [3.63, 3.8) is 0 Å². The highest BCUT2D eigenvalue weighted by molar-refractivity contribution is 6.16. The van der Waals surface area contributed by atoms with E-state index in [1.54, 1.807) is 0 Å². The van der Waals surface area contributed by atoms with Crippen LogP contribution in [0.5, 0.6) is 0 Å². The normalized spacial score (nSPS) is 18.6. The number of rotatable bonds is 7. The zero-order chi connectivity index (χ0) is 28.7. The van der Waals surface area contributed by atoms with E-state index in [-0.39, 0.29) is 23.9 Å².